The van der Waals surface area contributed by atoms with Crippen molar-refractivity contribution < 1.29 is 37.1 Å². The van der Waals surface area contributed by atoms with Gasteiger partial charge in [0, 0.05) is 29.7 Å². The number of nitrogens with zero attached hydrogens (tertiary/aromatic N) is 4. The van der Waals surface area contributed by atoms with Gasteiger partial charge in [-0.25, -0.2) is 13.8 Å². The van der Waals surface area contributed by atoms with Crippen molar-refractivity contribution in [3.8, 4) is 11.5 Å². The van der Waals surface area contributed by atoms with E-state index >= 15 is 0 Å². The highest BCUT2D eigenvalue weighted by atomic mass is 35.5. The molecule has 0 radical (unpaired) electrons. The van der Waals surface area contributed by atoms with Gasteiger partial charge in [0.05, 0.1) is 42.0 Å². The summed E-state index contributed by atoms with van der Waals surface area (Å²) in [6, 6.07) is 14.2. The van der Waals surface area contributed by atoms with Gasteiger partial charge in [0.1, 0.15) is 18.0 Å². The van der Waals surface area contributed by atoms with Crippen LogP contribution in [0.5, 0.6) is 11.5 Å². The van der Waals surface area contributed by atoms with Gasteiger partial charge in [0.2, 0.25) is 0 Å². The molecule has 3 aromatic rings. The molecule has 1 heterocycles. The third-order valence-electron chi connectivity index (χ3n) is 6.67. The van der Waals surface area contributed by atoms with E-state index in [2.05, 4.69) is 10.5 Å². The molecule has 2 amide bonds. The third-order valence-corrected chi connectivity index (χ3v) is 8.66. The van der Waals surface area contributed by atoms with E-state index in [-0.39, 0.29) is 34.5 Å². The lowest BCUT2D eigenvalue weighted by Crippen LogP contribution is -2.42. The first-order chi connectivity index (χ1) is 21.5. The van der Waals surface area contributed by atoms with Gasteiger partial charge in [0.15, 0.2) is 6.61 Å². The summed E-state index contributed by atoms with van der Waals surface area (Å²) in [6.45, 7) is 2.64. The molecule has 0 bridgehead atoms. The molecule has 0 unspecified atom stereocenters. The summed E-state index contributed by atoms with van der Waals surface area (Å²) in [4.78, 5) is 37.3. The number of methoxy groups -OCH3 is 1. The van der Waals surface area contributed by atoms with Crippen LogP contribution in [0.3, 0.4) is 0 Å². The number of nitro benzene ring substituents is 1. The zero-order valence-electron chi connectivity index (χ0n) is 24.3. The van der Waals surface area contributed by atoms with Crippen molar-refractivity contribution in [2.45, 2.75) is 11.8 Å². The number of hydrogen-bond acceptors (Lipinski definition) is 10. The molecule has 16 heteroatoms. The SMILES string of the molecule is COc1ccc(Cl)cc1N(CC(=O)N/N=C\c1ccc(OCC(=O)N2CCOCC2)cc1)S(=O)(=O)c1ccc(C)c([N+](=O)[O-])c1. The highest BCUT2D eigenvalue weighted by molar-refractivity contribution is 7.92. The van der Waals surface area contributed by atoms with E-state index in [0.717, 1.165) is 10.4 Å². The number of hydrazone groups is 1. The summed E-state index contributed by atoms with van der Waals surface area (Å²) in [7, 11) is -3.23. The molecule has 0 aliphatic carbocycles. The summed E-state index contributed by atoms with van der Waals surface area (Å²) in [6.07, 6.45) is 1.34. The first-order valence-corrected chi connectivity index (χ1v) is 15.3. The predicted molar refractivity (Wildman–Crippen MR) is 165 cm³/mol. The number of anilines is 1. The lowest BCUT2D eigenvalue weighted by atomic mass is 10.2. The van der Waals surface area contributed by atoms with Gasteiger partial charge in [-0.2, -0.15) is 5.10 Å². The molecular weight excluding hydrogens is 630 g/mol. The van der Waals surface area contributed by atoms with E-state index in [1.54, 1.807) is 29.2 Å². The number of amides is 2. The predicted octanol–water partition coefficient (Wildman–Crippen LogP) is 3.15. The molecule has 1 aliphatic rings. The number of sulfonamides is 1. The molecule has 3 aromatic carbocycles. The Bertz CT molecular complexity index is 1690. The van der Waals surface area contributed by atoms with E-state index in [1.165, 1.54) is 50.6 Å². The number of morpholine rings is 1. The quantitative estimate of drug-likeness (QED) is 0.174. The standard InChI is InChI=1S/C29H30ClN5O9S/c1-20-3-9-24(16-25(20)35(38)39)45(40,41)34(26-15-22(30)6-10-27(26)42-2)18-28(36)32-31-17-21-4-7-23(8-5-21)44-19-29(37)33-11-13-43-14-12-33/h3-10,15-17H,11-14,18-19H2,1-2H3,(H,32,36)/b31-17-. The lowest BCUT2D eigenvalue weighted by molar-refractivity contribution is -0.385. The second-order valence-corrected chi connectivity index (χ2v) is 12.0. The van der Waals surface area contributed by atoms with Crippen LogP contribution in [0, 0.1) is 17.0 Å². The Morgan fingerprint density at radius 2 is 1.84 bits per heavy atom. The van der Waals surface area contributed by atoms with Crippen molar-refractivity contribution in [2.24, 2.45) is 5.10 Å². The van der Waals surface area contributed by atoms with Gasteiger partial charge >= 0.3 is 0 Å². The van der Waals surface area contributed by atoms with Crippen LogP contribution in [0.15, 0.2) is 70.7 Å². The van der Waals surface area contributed by atoms with Crippen LogP contribution in [0.25, 0.3) is 0 Å². The van der Waals surface area contributed by atoms with Crippen LogP contribution >= 0.6 is 11.6 Å². The van der Waals surface area contributed by atoms with Gasteiger partial charge < -0.3 is 19.1 Å². The van der Waals surface area contributed by atoms with Crippen LogP contribution in [-0.2, 0) is 24.3 Å². The van der Waals surface area contributed by atoms with Crippen LogP contribution in [-0.4, -0.2) is 82.8 Å². The van der Waals surface area contributed by atoms with Crippen molar-refractivity contribution in [3.63, 3.8) is 0 Å². The Morgan fingerprint density at radius 3 is 2.51 bits per heavy atom. The molecule has 1 saturated heterocycles. The second kappa shape index (κ2) is 14.8. The van der Waals surface area contributed by atoms with E-state index in [0.29, 0.717) is 37.6 Å². The average molecular weight is 660 g/mol. The Morgan fingerprint density at radius 1 is 1.13 bits per heavy atom. The number of rotatable bonds is 12. The summed E-state index contributed by atoms with van der Waals surface area (Å²) >= 11 is 6.15. The third kappa shape index (κ3) is 8.47. The molecule has 238 valence electrons. The monoisotopic (exact) mass is 659 g/mol. The van der Waals surface area contributed by atoms with Gasteiger partial charge in [-0.3, -0.25) is 24.0 Å². The number of aryl methyl sites for hydroxylation is 1. The summed E-state index contributed by atoms with van der Waals surface area (Å²) in [5.74, 6) is -0.404. The smallest absolute Gasteiger partial charge is 0.273 e. The summed E-state index contributed by atoms with van der Waals surface area (Å²) in [5, 5.41) is 15.6. The van der Waals surface area contributed by atoms with Gasteiger partial charge in [-0.1, -0.05) is 17.7 Å². The number of nitrogens with one attached hydrogen (secondary N) is 1. The highest BCUT2D eigenvalue weighted by Crippen LogP contribution is 2.35. The van der Waals surface area contributed by atoms with Crippen LogP contribution in [0.4, 0.5) is 11.4 Å². The highest BCUT2D eigenvalue weighted by Gasteiger charge is 2.31. The van der Waals surface area contributed by atoms with Crippen LogP contribution in [0.2, 0.25) is 5.02 Å². The molecule has 4 rings (SSSR count). The lowest BCUT2D eigenvalue weighted by Gasteiger charge is -2.26. The fourth-order valence-electron chi connectivity index (χ4n) is 4.28. The fraction of sp³-hybridized carbons (Fsp3) is 0.276. The molecule has 0 spiro atoms. The van der Waals surface area contributed by atoms with Crippen LogP contribution < -0.4 is 19.2 Å². The second-order valence-electron chi connectivity index (χ2n) is 9.68. The van der Waals surface area contributed by atoms with Crippen molar-refractivity contribution in [3.05, 3.63) is 86.9 Å². The fourth-order valence-corrected chi connectivity index (χ4v) is 5.89. The maximum absolute atomic E-state index is 13.8. The summed E-state index contributed by atoms with van der Waals surface area (Å²) < 4.78 is 44.4. The van der Waals surface area contributed by atoms with Gasteiger partial charge in [-0.05, 0) is 61.0 Å². The van der Waals surface area contributed by atoms with E-state index in [4.69, 9.17) is 25.8 Å². The zero-order chi connectivity index (χ0) is 32.6. The molecule has 1 aliphatic heterocycles. The number of carbonyl (C=O) groups excluding carboxylic acids is 2. The van der Waals surface area contributed by atoms with Gasteiger partial charge in [-0.15, -0.1) is 0 Å². The Hall–Kier alpha value is -4.73. The van der Waals surface area contributed by atoms with Crippen LogP contribution in [0.1, 0.15) is 11.1 Å². The first-order valence-electron chi connectivity index (χ1n) is 13.5. The minimum atomic E-state index is -4.54. The normalized spacial score (nSPS) is 13.4. The van der Waals surface area contributed by atoms with E-state index in [1.807, 2.05) is 0 Å². The Kier molecular flexibility index (Phi) is 10.9. The minimum absolute atomic E-state index is 0.0601. The maximum atomic E-state index is 13.8. The molecule has 45 heavy (non-hydrogen) atoms. The Labute approximate surface area is 264 Å². The molecule has 1 fully saturated rings. The largest absolute Gasteiger partial charge is 0.495 e. The molecular formula is C29H30ClN5O9S. The van der Waals surface area contributed by atoms with Crippen molar-refractivity contribution >= 4 is 51.0 Å². The number of carbonyl (C=O) groups is 2. The Balaban J connectivity index is 1.47. The van der Waals surface area contributed by atoms with Gasteiger partial charge in [0.25, 0.3) is 27.5 Å². The number of hydrogen-bond donors (Lipinski definition) is 1. The zero-order valence-corrected chi connectivity index (χ0v) is 25.9. The topological polar surface area (TPSA) is 170 Å². The minimum Gasteiger partial charge on any atom is -0.495 e. The number of nitro groups is 1. The van der Waals surface area contributed by atoms with Crippen molar-refractivity contribution in [1.29, 1.82) is 0 Å². The number of benzene rings is 3. The molecule has 0 saturated carbocycles. The number of halogens is 1. The average Bonchev–Trinajstić information content (AvgIpc) is 3.03. The molecule has 14 nitrogen and oxygen atoms in total. The molecule has 1 N–H and O–H groups in total. The van der Waals surface area contributed by atoms with Crippen molar-refractivity contribution in [2.75, 3.05) is 50.9 Å². The van der Waals surface area contributed by atoms with E-state index < -0.39 is 38.0 Å². The van der Waals surface area contributed by atoms with E-state index in [9.17, 15) is 28.1 Å². The molecule has 0 aromatic heterocycles. The number of ether oxygens (including phenoxy) is 3. The van der Waals surface area contributed by atoms with Crippen molar-refractivity contribution in [1.82, 2.24) is 10.3 Å². The maximum Gasteiger partial charge on any atom is 0.273 e. The first kappa shape index (κ1) is 33.2. The molecule has 0 atom stereocenters. The summed E-state index contributed by atoms with van der Waals surface area (Å²) in [5.41, 5.74) is 2.67.